The Morgan fingerprint density at radius 3 is 2.58 bits per heavy atom. The number of ether oxygens (including phenoxy) is 2. The summed E-state index contributed by atoms with van der Waals surface area (Å²) >= 11 is 1.31. The van der Waals surface area contributed by atoms with Gasteiger partial charge in [0.1, 0.15) is 5.60 Å². The predicted molar refractivity (Wildman–Crippen MR) is 118 cm³/mol. The molecule has 1 atom stereocenters. The van der Waals surface area contributed by atoms with Crippen LogP contribution in [0.3, 0.4) is 0 Å². The molecule has 1 aliphatic heterocycles. The topological polar surface area (TPSA) is 64.9 Å². The van der Waals surface area contributed by atoms with E-state index in [9.17, 15) is 18.0 Å². The van der Waals surface area contributed by atoms with E-state index >= 15 is 0 Å². The van der Waals surface area contributed by atoms with Crippen LogP contribution in [-0.2, 0) is 17.6 Å². The lowest BCUT2D eigenvalue weighted by Gasteiger charge is -2.31. The fraction of sp³-hybridized carbons (Fsp3) is 0.826. The van der Waals surface area contributed by atoms with Gasteiger partial charge < -0.3 is 19.7 Å². The fourth-order valence-corrected chi connectivity index (χ4v) is 6.24. The van der Waals surface area contributed by atoms with E-state index in [0.717, 1.165) is 68.7 Å². The van der Waals surface area contributed by atoms with Gasteiger partial charge in [0.05, 0.1) is 4.88 Å². The first-order chi connectivity index (χ1) is 15.4. The molecule has 0 unspecified atom stereocenters. The maximum atomic E-state index is 12.4. The maximum Gasteiger partial charge on any atom is 0.429 e. The zero-order chi connectivity index (χ0) is 23.9. The van der Waals surface area contributed by atoms with Gasteiger partial charge in [-0.3, -0.25) is 0 Å². The number of amides is 1. The van der Waals surface area contributed by atoms with Crippen molar-refractivity contribution >= 4 is 17.4 Å². The van der Waals surface area contributed by atoms with Crippen molar-refractivity contribution in [3.8, 4) is 5.19 Å². The number of nitrogens with one attached hydrogen (secondary N) is 2. The molecule has 2 saturated carbocycles. The summed E-state index contributed by atoms with van der Waals surface area (Å²) in [5, 5.41) is 3.28. The molecule has 1 aromatic heterocycles. The van der Waals surface area contributed by atoms with E-state index in [2.05, 4.69) is 15.2 Å². The summed E-state index contributed by atoms with van der Waals surface area (Å²) in [5.41, 5.74) is 0.959. The molecule has 0 bridgehead atoms. The monoisotopic (exact) mass is 490 g/mol. The molecule has 3 aliphatic rings. The van der Waals surface area contributed by atoms with Gasteiger partial charge in [-0.2, -0.15) is 18.2 Å². The lowest BCUT2D eigenvalue weighted by Crippen LogP contribution is -2.41. The van der Waals surface area contributed by atoms with Gasteiger partial charge in [-0.15, -0.1) is 0 Å². The Morgan fingerprint density at radius 2 is 1.91 bits per heavy atom. The molecule has 2 fully saturated rings. The van der Waals surface area contributed by atoms with Crippen molar-refractivity contribution in [2.75, 3.05) is 26.2 Å². The lowest BCUT2D eigenvalue weighted by molar-refractivity contribution is -0.401. The summed E-state index contributed by atoms with van der Waals surface area (Å²) in [6.07, 6.45) is 2.56. The van der Waals surface area contributed by atoms with E-state index < -0.39 is 18.4 Å². The Bertz CT molecular complexity index is 819. The highest BCUT2D eigenvalue weighted by atomic mass is 32.1. The number of nitrogens with zero attached hydrogens (tertiary/aromatic N) is 1. The van der Waals surface area contributed by atoms with Crippen LogP contribution < -0.4 is 15.0 Å². The molecule has 2 N–H and O–H groups in total. The highest BCUT2D eigenvalue weighted by Gasteiger charge is 2.55. The van der Waals surface area contributed by atoms with Gasteiger partial charge in [-0.1, -0.05) is 0 Å². The smallest absolute Gasteiger partial charge is 0.429 e. The molecule has 1 spiro atoms. The van der Waals surface area contributed by atoms with Gasteiger partial charge in [0.15, 0.2) is 12.3 Å². The van der Waals surface area contributed by atoms with E-state index in [1.807, 2.05) is 20.8 Å². The minimum Gasteiger partial charge on any atom is -0.444 e. The van der Waals surface area contributed by atoms with Crippen LogP contribution in [0.5, 0.6) is 5.19 Å². The maximum absolute atomic E-state index is 12.4. The third kappa shape index (κ3) is 6.74. The Hall–Kier alpha value is -1.55. The van der Waals surface area contributed by atoms with E-state index in [4.69, 9.17) is 9.47 Å². The van der Waals surface area contributed by atoms with E-state index in [-0.39, 0.29) is 17.3 Å². The Morgan fingerprint density at radius 1 is 1.21 bits per heavy atom. The number of alkyl carbamates (subject to hydrolysis) is 1. The van der Waals surface area contributed by atoms with Crippen molar-refractivity contribution in [3.63, 3.8) is 0 Å². The minimum absolute atomic E-state index is 0.199. The number of aromatic nitrogens is 1. The lowest BCUT2D eigenvalue weighted by atomic mass is 9.81. The van der Waals surface area contributed by atoms with E-state index in [1.165, 1.54) is 17.8 Å². The number of hydrogen-bond acceptors (Lipinski definition) is 5. The first-order valence-corrected chi connectivity index (χ1v) is 12.7. The first kappa shape index (κ1) is 24.6. The second-order valence-corrected chi connectivity index (χ2v) is 11.9. The van der Waals surface area contributed by atoms with Crippen LogP contribution in [0.4, 0.5) is 18.0 Å². The van der Waals surface area contributed by atoms with Gasteiger partial charge in [0.2, 0.25) is 0 Å². The molecule has 10 heteroatoms. The summed E-state index contributed by atoms with van der Waals surface area (Å²) in [7, 11) is 0. The van der Waals surface area contributed by atoms with Crippen LogP contribution in [-0.4, -0.2) is 55.1 Å². The number of halogens is 3. The van der Waals surface area contributed by atoms with Crippen LogP contribution >= 0.6 is 11.3 Å². The largest absolute Gasteiger partial charge is 0.444 e. The molecule has 1 amide bonds. The van der Waals surface area contributed by atoms with E-state index in [1.54, 1.807) is 0 Å². The van der Waals surface area contributed by atoms with Crippen molar-refractivity contribution in [2.45, 2.75) is 83.5 Å². The number of H-pyrrole nitrogens is 1. The quantitative estimate of drug-likeness (QED) is 0.666. The van der Waals surface area contributed by atoms with Crippen LogP contribution in [0, 0.1) is 11.3 Å². The molecule has 2 heterocycles. The van der Waals surface area contributed by atoms with Crippen LogP contribution in [0.2, 0.25) is 0 Å². The molecule has 33 heavy (non-hydrogen) atoms. The average molecular weight is 491 g/mol. The van der Waals surface area contributed by atoms with Gasteiger partial charge >= 0.3 is 17.5 Å². The molecule has 0 saturated heterocycles. The molecular formula is C23H35F3N3O3S+. The Kier molecular flexibility index (Phi) is 6.88. The number of aromatic amines is 1. The second kappa shape index (κ2) is 9.24. The van der Waals surface area contributed by atoms with Crippen LogP contribution in [0.25, 0.3) is 0 Å². The standard InChI is InChI=1S/C23H34F3N3O3S/c1-21(2,3)32-19(30)27-16-4-8-22(9-5-16)12-15(22)13-29-10-6-17-18(7-11-29)33-20(28-17)31-14-23(24,25)26/h15-16H,4-14H2,1-3H3,(H,27,30)/p+1/t15-,16?,22?/m0/s1. The summed E-state index contributed by atoms with van der Waals surface area (Å²) < 4.78 is 47.4. The molecule has 186 valence electrons. The summed E-state index contributed by atoms with van der Waals surface area (Å²) in [6.45, 7) is 7.28. The SMILES string of the molecule is CC(C)(C)OC(=O)NC1CCC2(CC1)C[C@H]2CN1CCc2[nH+]c(OCC(F)(F)F)sc2CC1. The molecule has 1 aromatic rings. The number of alkyl halides is 3. The van der Waals surface area contributed by atoms with Gasteiger partial charge in [0, 0.05) is 38.5 Å². The predicted octanol–water partition coefficient (Wildman–Crippen LogP) is 4.38. The molecule has 0 radical (unpaired) electrons. The van der Waals surface area contributed by atoms with Crippen molar-refractivity contribution in [2.24, 2.45) is 11.3 Å². The third-order valence-corrected chi connectivity index (χ3v) is 8.15. The van der Waals surface area contributed by atoms with Crippen molar-refractivity contribution < 1.29 is 32.4 Å². The first-order valence-electron chi connectivity index (χ1n) is 11.9. The van der Waals surface area contributed by atoms with Crippen LogP contribution in [0.15, 0.2) is 0 Å². The highest BCUT2D eigenvalue weighted by Crippen LogP contribution is 2.61. The Labute approximate surface area is 197 Å². The molecule has 0 aromatic carbocycles. The van der Waals surface area contributed by atoms with Gasteiger partial charge in [-0.25, -0.2) is 4.79 Å². The van der Waals surface area contributed by atoms with Gasteiger partial charge in [0.25, 0.3) is 0 Å². The molecule has 4 rings (SSSR count). The van der Waals surface area contributed by atoms with Crippen molar-refractivity contribution in [1.29, 1.82) is 0 Å². The highest BCUT2D eigenvalue weighted by molar-refractivity contribution is 7.13. The summed E-state index contributed by atoms with van der Waals surface area (Å²) in [6, 6.07) is 0.199. The number of hydrogen-bond donors (Lipinski definition) is 1. The molecular weight excluding hydrogens is 455 g/mol. The zero-order valence-electron chi connectivity index (χ0n) is 19.6. The average Bonchev–Trinajstić information content (AvgIpc) is 3.25. The number of carbonyl (C=O) groups is 1. The summed E-state index contributed by atoms with van der Waals surface area (Å²) in [5.74, 6) is 0.700. The van der Waals surface area contributed by atoms with Crippen LogP contribution in [0.1, 0.15) is 63.4 Å². The van der Waals surface area contributed by atoms with Gasteiger partial charge in [-0.05, 0) is 75.5 Å². The van der Waals surface area contributed by atoms with Crippen molar-refractivity contribution in [3.05, 3.63) is 10.6 Å². The number of rotatable bonds is 5. The van der Waals surface area contributed by atoms with E-state index in [0.29, 0.717) is 11.3 Å². The van der Waals surface area contributed by atoms with Crippen molar-refractivity contribution in [1.82, 2.24) is 10.2 Å². The third-order valence-electron chi connectivity index (χ3n) is 7.05. The minimum atomic E-state index is -4.32. The number of carbonyl (C=O) groups excluding carboxylic acids is 1. The second-order valence-electron chi connectivity index (χ2n) is 10.8. The number of thiazole rings is 1. The molecule has 2 aliphatic carbocycles. The molecule has 6 nitrogen and oxygen atoms in total. The normalized spacial score (nSPS) is 28.2. The Balaban J connectivity index is 1.19. The summed E-state index contributed by atoms with van der Waals surface area (Å²) in [4.78, 5) is 18.7. The number of fused-ring (bicyclic) bond motifs is 1. The fourth-order valence-electron chi connectivity index (χ4n) is 5.26. The zero-order valence-corrected chi connectivity index (χ0v) is 20.5.